The van der Waals surface area contributed by atoms with Crippen molar-refractivity contribution in [3.63, 3.8) is 0 Å². The first kappa shape index (κ1) is 76.9. The number of carbonyl (C=O) groups excluding carboxylic acids is 2. The molecule has 0 aromatic heterocycles. The van der Waals surface area contributed by atoms with E-state index in [9.17, 15) is 14.7 Å². The average molecular weight is 1110 g/mol. The zero-order valence-electron chi connectivity index (χ0n) is 53.4. The van der Waals surface area contributed by atoms with E-state index in [4.69, 9.17) is 9.47 Å². The first-order valence-electron chi connectivity index (χ1n) is 35.7. The lowest BCUT2D eigenvalue weighted by molar-refractivity contribution is -0.161. The molecule has 0 spiro atoms. The van der Waals surface area contributed by atoms with Gasteiger partial charge in [0.2, 0.25) is 0 Å². The van der Waals surface area contributed by atoms with Crippen molar-refractivity contribution in [3.05, 3.63) is 48.6 Å². The molecule has 0 rings (SSSR count). The summed E-state index contributed by atoms with van der Waals surface area (Å²) in [5.41, 5.74) is 0. The zero-order valence-corrected chi connectivity index (χ0v) is 53.4. The van der Waals surface area contributed by atoms with Crippen molar-refractivity contribution in [2.75, 3.05) is 13.2 Å². The third-order valence-electron chi connectivity index (χ3n) is 16.4. The molecule has 5 nitrogen and oxygen atoms in total. The van der Waals surface area contributed by atoms with Crippen LogP contribution in [0.4, 0.5) is 0 Å². The van der Waals surface area contributed by atoms with E-state index in [1.807, 2.05) is 0 Å². The van der Waals surface area contributed by atoms with Crippen LogP contribution in [0.5, 0.6) is 0 Å². The van der Waals surface area contributed by atoms with Crippen LogP contribution in [-0.2, 0) is 19.1 Å². The van der Waals surface area contributed by atoms with E-state index in [1.54, 1.807) is 0 Å². The third-order valence-corrected chi connectivity index (χ3v) is 16.4. The Bertz CT molecular complexity index is 1300. The predicted molar refractivity (Wildman–Crippen MR) is 348 cm³/mol. The van der Waals surface area contributed by atoms with Gasteiger partial charge in [-0.25, -0.2) is 0 Å². The van der Waals surface area contributed by atoms with E-state index in [2.05, 4.69) is 62.5 Å². The SMILES string of the molecule is CC/C=C\C/C=C\C/C=C\C/C=C\CCCCCCCCCCCCCCCCCCCCCCCCCCCCC(=O)OC(CO)COC(=O)CCCCCCCCCCCCCCCCCCCCCCCCCCCC. The number of ether oxygens (including phenoxy) is 2. The first-order chi connectivity index (χ1) is 39.1. The Morgan fingerprint density at radius 2 is 0.544 bits per heavy atom. The van der Waals surface area contributed by atoms with Crippen LogP contribution in [0.15, 0.2) is 48.6 Å². The second kappa shape index (κ2) is 70.1. The Kier molecular flexibility index (Phi) is 68.2. The largest absolute Gasteiger partial charge is 0.462 e. The van der Waals surface area contributed by atoms with Crippen molar-refractivity contribution < 1.29 is 24.2 Å². The van der Waals surface area contributed by atoms with E-state index in [0.717, 1.165) is 57.8 Å². The molecule has 5 heteroatoms. The van der Waals surface area contributed by atoms with E-state index in [0.29, 0.717) is 12.8 Å². The van der Waals surface area contributed by atoms with Gasteiger partial charge in [-0.3, -0.25) is 9.59 Å². The van der Waals surface area contributed by atoms with Gasteiger partial charge in [-0.2, -0.15) is 0 Å². The van der Waals surface area contributed by atoms with Gasteiger partial charge in [-0.05, 0) is 51.4 Å². The van der Waals surface area contributed by atoms with Crippen LogP contribution in [0.3, 0.4) is 0 Å². The highest BCUT2D eigenvalue weighted by Gasteiger charge is 2.16. The minimum atomic E-state index is -0.769. The van der Waals surface area contributed by atoms with Gasteiger partial charge in [0.05, 0.1) is 6.61 Å². The Hall–Kier alpha value is -2.14. The molecule has 0 saturated carbocycles. The molecular weight excluding hydrogens is 969 g/mol. The monoisotopic (exact) mass is 1110 g/mol. The highest BCUT2D eigenvalue weighted by Crippen LogP contribution is 2.19. The summed E-state index contributed by atoms with van der Waals surface area (Å²) in [6.07, 6.45) is 94.5. The maximum Gasteiger partial charge on any atom is 0.306 e. The number of aliphatic hydroxyl groups is 1. The van der Waals surface area contributed by atoms with Crippen LogP contribution >= 0.6 is 0 Å². The van der Waals surface area contributed by atoms with Crippen molar-refractivity contribution in [1.82, 2.24) is 0 Å². The van der Waals surface area contributed by atoms with E-state index >= 15 is 0 Å². The zero-order chi connectivity index (χ0) is 56.9. The summed E-state index contributed by atoms with van der Waals surface area (Å²) in [6, 6.07) is 0. The first-order valence-corrected chi connectivity index (χ1v) is 35.7. The average Bonchev–Trinajstić information content (AvgIpc) is 3.45. The number of unbranched alkanes of at least 4 members (excludes halogenated alkanes) is 51. The highest BCUT2D eigenvalue weighted by molar-refractivity contribution is 5.70. The van der Waals surface area contributed by atoms with Gasteiger partial charge in [0.25, 0.3) is 0 Å². The summed E-state index contributed by atoms with van der Waals surface area (Å²) in [4.78, 5) is 24.6. The molecule has 0 aliphatic heterocycles. The number of rotatable bonds is 67. The fraction of sp³-hybridized carbons (Fsp3) is 0.865. The number of hydrogen-bond acceptors (Lipinski definition) is 5. The lowest BCUT2D eigenvalue weighted by atomic mass is 10.0. The number of hydrogen-bond donors (Lipinski definition) is 1. The van der Waals surface area contributed by atoms with Crippen LogP contribution in [-0.4, -0.2) is 36.4 Å². The van der Waals surface area contributed by atoms with Crippen molar-refractivity contribution in [1.29, 1.82) is 0 Å². The molecule has 0 heterocycles. The van der Waals surface area contributed by atoms with Gasteiger partial charge in [-0.15, -0.1) is 0 Å². The second-order valence-electron chi connectivity index (χ2n) is 24.3. The maximum absolute atomic E-state index is 12.4. The molecule has 79 heavy (non-hydrogen) atoms. The van der Waals surface area contributed by atoms with Gasteiger partial charge in [0.15, 0.2) is 6.10 Å². The number of carbonyl (C=O) groups is 2. The van der Waals surface area contributed by atoms with Crippen LogP contribution in [0.25, 0.3) is 0 Å². The number of aliphatic hydroxyl groups excluding tert-OH is 1. The summed E-state index contributed by atoms with van der Waals surface area (Å²) in [5, 5.41) is 9.70. The fourth-order valence-electron chi connectivity index (χ4n) is 11.1. The molecule has 0 bridgehead atoms. The molecule has 1 unspecified atom stereocenters. The van der Waals surface area contributed by atoms with Gasteiger partial charge >= 0.3 is 11.9 Å². The molecular formula is C74H138O5. The Labute approximate surface area is 494 Å². The molecule has 0 fully saturated rings. The van der Waals surface area contributed by atoms with Crippen molar-refractivity contribution in [2.45, 2.75) is 399 Å². The normalized spacial score (nSPS) is 12.4. The Morgan fingerprint density at radius 3 is 0.823 bits per heavy atom. The number of esters is 2. The van der Waals surface area contributed by atoms with Crippen molar-refractivity contribution in [2.24, 2.45) is 0 Å². The smallest absolute Gasteiger partial charge is 0.306 e. The molecule has 464 valence electrons. The topological polar surface area (TPSA) is 72.8 Å². The van der Waals surface area contributed by atoms with Crippen LogP contribution in [0, 0.1) is 0 Å². The molecule has 0 saturated heterocycles. The Morgan fingerprint density at radius 1 is 0.304 bits per heavy atom. The second-order valence-corrected chi connectivity index (χ2v) is 24.3. The lowest BCUT2D eigenvalue weighted by Crippen LogP contribution is -2.28. The van der Waals surface area contributed by atoms with Crippen LogP contribution in [0.2, 0.25) is 0 Å². The molecule has 0 aliphatic carbocycles. The minimum Gasteiger partial charge on any atom is -0.462 e. The molecule has 0 aromatic carbocycles. The quantitative estimate of drug-likeness (QED) is 0.0373. The summed E-state index contributed by atoms with van der Waals surface area (Å²) < 4.78 is 10.8. The molecule has 0 aliphatic rings. The molecule has 1 N–H and O–H groups in total. The van der Waals surface area contributed by atoms with Gasteiger partial charge in [-0.1, -0.05) is 377 Å². The van der Waals surface area contributed by atoms with Crippen LogP contribution in [0.1, 0.15) is 393 Å². The van der Waals surface area contributed by atoms with E-state index in [-0.39, 0.29) is 25.2 Å². The predicted octanol–water partition coefficient (Wildman–Crippen LogP) is 24.7. The summed E-state index contributed by atoms with van der Waals surface area (Å²) in [7, 11) is 0. The standard InChI is InChI=1S/C74H138O5/c1-3-5-7-9-11-13-15-17-19-21-23-25-27-29-31-32-33-34-35-36-37-38-39-40-41-42-43-45-47-49-51-53-55-57-59-61-63-65-67-69-74(77)79-72(70-75)71-78-73(76)68-66-64-62-60-58-56-54-52-50-48-46-44-30-28-26-24-22-20-18-16-14-12-10-8-6-4-2/h5,7,11,13,17,19,23,25,72,75H,3-4,6,8-10,12,14-16,18,20-22,24,26-71H2,1-2H3/b7-5-,13-11-,19-17-,25-23-. The summed E-state index contributed by atoms with van der Waals surface area (Å²) in [5.74, 6) is -0.563. The van der Waals surface area contributed by atoms with Crippen molar-refractivity contribution >= 4 is 11.9 Å². The van der Waals surface area contributed by atoms with Crippen LogP contribution < -0.4 is 0 Å². The molecule has 0 amide bonds. The summed E-state index contributed by atoms with van der Waals surface area (Å²) >= 11 is 0. The minimum absolute atomic E-state index is 0.0581. The van der Waals surface area contributed by atoms with Gasteiger partial charge in [0.1, 0.15) is 6.61 Å². The highest BCUT2D eigenvalue weighted by atomic mass is 16.6. The summed E-state index contributed by atoms with van der Waals surface area (Å²) in [6.45, 7) is 4.09. The molecule has 0 aromatic rings. The molecule has 0 radical (unpaired) electrons. The van der Waals surface area contributed by atoms with E-state index < -0.39 is 6.10 Å². The van der Waals surface area contributed by atoms with E-state index in [1.165, 1.54) is 308 Å². The third kappa shape index (κ3) is 68.3. The van der Waals surface area contributed by atoms with Gasteiger partial charge in [0, 0.05) is 12.8 Å². The van der Waals surface area contributed by atoms with Gasteiger partial charge < -0.3 is 14.6 Å². The maximum atomic E-state index is 12.4. The molecule has 1 atom stereocenters. The fourth-order valence-corrected chi connectivity index (χ4v) is 11.1. The van der Waals surface area contributed by atoms with Crippen molar-refractivity contribution in [3.8, 4) is 0 Å². The Balaban J connectivity index is 3.37. The number of allylic oxidation sites excluding steroid dienone is 8. The lowest BCUT2D eigenvalue weighted by Gasteiger charge is -2.15.